The summed E-state index contributed by atoms with van der Waals surface area (Å²) in [7, 11) is 1.46. The van der Waals surface area contributed by atoms with Crippen molar-refractivity contribution in [3.63, 3.8) is 0 Å². The fourth-order valence-electron chi connectivity index (χ4n) is 2.22. The minimum atomic E-state index is -0.0273. The zero-order valence-corrected chi connectivity index (χ0v) is 7.32. The standard InChI is InChI=1S/C9H15NO2/c1-12-9(11)8-4-7(8)5-2-6(10)3-5/h5-8H,2-4,10H2,1H3. The summed E-state index contributed by atoms with van der Waals surface area (Å²) in [6.45, 7) is 0. The molecular weight excluding hydrogens is 154 g/mol. The van der Waals surface area contributed by atoms with Crippen LogP contribution in [0.3, 0.4) is 0 Å². The fraction of sp³-hybridized carbons (Fsp3) is 0.889. The zero-order chi connectivity index (χ0) is 8.72. The molecule has 2 N–H and O–H groups in total. The van der Waals surface area contributed by atoms with Gasteiger partial charge in [-0.05, 0) is 31.1 Å². The molecule has 2 aliphatic carbocycles. The number of hydrogen-bond donors (Lipinski definition) is 1. The van der Waals surface area contributed by atoms with Crippen LogP contribution in [0.2, 0.25) is 0 Å². The second-order valence-corrected chi connectivity index (χ2v) is 4.02. The van der Waals surface area contributed by atoms with Crippen molar-refractivity contribution in [2.75, 3.05) is 7.11 Å². The number of carbonyl (C=O) groups excluding carboxylic acids is 1. The lowest BCUT2D eigenvalue weighted by Gasteiger charge is -2.32. The molecule has 12 heavy (non-hydrogen) atoms. The van der Waals surface area contributed by atoms with Gasteiger partial charge in [0.2, 0.25) is 0 Å². The van der Waals surface area contributed by atoms with E-state index in [4.69, 9.17) is 5.73 Å². The molecule has 3 heteroatoms. The van der Waals surface area contributed by atoms with E-state index in [0.29, 0.717) is 17.9 Å². The first kappa shape index (κ1) is 8.05. The van der Waals surface area contributed by atoms with Crippen molar-refractivity contribution >= 4 is 5.97 Å². The van der Waals surface area contributed by atoms with Crippen LogP contribution in [0.4, 0.5) is 0 Å². The Balaban J connectivity index is 1.77. The summed E-state index contributed by atoms with van der Waals surface area (Å²) in [5.74, 6) is 1.48. The zero-order valence-electron chi connectivity index (χ0n) is 7.32. The van der Waals surface area contributed by atoms with Crippen molar-refractivity contribution in [2.24, 2.45) is 23.5 Å². The highest BCUT2D eigenvalue weighted by molar-refractivity contribution is 5.75. The van der Waals surface area contributed by atoms with Crippen LogP contribution in [-0.4, -0.2) is 19.1 Å². The van der Waals surface area contributed by atoms with Crippen LogP contribution in [0.25, 0.3) is 0 Å². The lowest BCUT2D eigenvalue weighted by Crippen LogP contribution is -2.37. The Bertz CT molecular complexity index is 199. The first-order chi connectivity index (χ1) is 5.72. The Hall–Kier alpha value is -0.570. The summed E-state index contributed by atoms with van der Waals surface area (Å²) in [5, 5.41) is 0. The van der Waals surface area contributed by atoms with E-state index in [1.165, 1.54) is 7.11 Å². The number of hydrogen-bond acceptors (Lipinski definition) is 3. The van der Waals surface area contributed by atoms with Crippen LogP contribution in [0.5, 0.6) is 0 Å². The molecule has 68 valence electrons. The normalized spacial score (nSPS) is 44.8. The van der Waals surface area contributed by atoms with Gasteiger partial charge in [-0.25, -0.2) is 0 Å². The smallest absolute Gasteiger partial charge is 0.308 e. The van der Waals surface area contributed by atoms with Crippen molar-refractivity contribution in [1.29, 1.82) is 0 Å². The van der Waals surface area contributed by atoms with E-state index in [0.717, 1.165) is 19.3 Å². The maximum Gasteiger partial charge on any atom is 0.308 e. The van der Waals surface area contributed by atoms with Gasteiger partial charge in [-0.3, -0.25) is 4.79 Å². The van der Waals surface area contributed by atoms with Crippen LogP contribution < -0.4 is 5.73 Å². The highest BCUT2D eigenvalue weighted by Crippen LogP contribution is 2.51. The minimum absolute atomic E-state index is 0.0273. The second-order valence-electron chi connectivity index (χ2n) is 4.02. The maximum atomic E-state index is 11.1. The number of rotatable bonds is 2. The summed E-state index contributed by atoms with van der Waals surface area (Å²) in [5.41, 5.74) is 5.67. The van der Waals surface area contributed by atoms with Crippen molar-refractivity contribution in [1.82, 2.24) is 0 Å². The predicted octanol–water partition coefficient (Wildman–Crippen LogP) is 0.533. The molecule has 0 aromatic carbocycles. The number of nitrogens with two attached hydrogens (primary N) is 1. The Labute approximate surface area is 72.3 Å². The third-order valence-corrected chi connectivity index (χ3v) is 3.16. The highest BCUT2D eigenvalue weighted by atomic mass is 16.5. The summed E-state index contributed by atoms with van der Waals surface area (Å²) in [6.07, 6.45) is 3.25. The second kappa shape index (κ2) is 2.73. The molecule has 0 aliphatic heterocycles. The monoisotopic (exact) mass is 169 g/mol. The molecule has 2 rings (SSSR count). The first-order valence-electron chi connectivity index (χ1n) is 4.55. The Morgan fingerprint density at radius 2 is 2.08 bits per heavy atom. The average Bonchev–Trinajstić information content (AvgIpc) is 2.76. The topological polar surface area (TPSA) is 52.3 Å². The van der Waals surface area contributed by atoms with Gasteiger partial charge in [-0.15, -0.1) is 0 Å². The molecule has 0 amide bonds. The Kier molecular flexibility index (Phi) is 1.83. The predicted molar refractivity (Wildman–Crippen MR) is 44.3 cm³/mol. The van der Waals surface area contributed by atoms with E-state index in [1.54, 1.807) is 0 Å². The molecule has 3 nitrogen and oxygen atoms in total. The molecule has 0 spiro atoms. The van der Waals surface area contributed by atoms with Gasteiger partial charge in [0.15, 0.2) is 0 Å². The van der Waals surface area contributed by atoms with E-state index >= 15 is 0 Å². The van der Waals surface area contributed by atoms with Crippen LogP contribution >= 0.6 is 0 Å². The summed E-state index contributed by atoms with van der Waals surface area (Å²) < 4.78 is 4.68. The van der Waals surface area contributed by atoms with Crippen molar-refractivity contribution in [2.45, 2.75) is 25.3 Å². The van der Waals surface area contributed by atoms with Gasteiger partial charge in [-0.1, -0.05) is 0 Å². The van der Waals surface area contributed by atoms with Crippen molar-refractivity contribution < 1.29 is 9.53 Å². The van der Waals surface area contributed by atoms with Gasteiger partial charge in [0.1, 0.15) is 0 Å². The molecule has 0 aromatic heterocycles. The van der Waals surface area contributed by atoms with E-state index in [-0.39, 0.29) is 11.9 Å². The molecular formula is C9H15NO2. The van der Waals surface area contributed by atoms with Crippen molar-refractivity contribution in [3.05, 3.63) is 0 Å². The van der Waals surface area contributed by atoms with E-state index < -0.39 is 0 Å². The van der Waals surface area contributed by atoms with E-state index in [1.807, 2.05) is 0 Å². The van der Waals surface area contributed by atoms with E-state index in [9.17, 15) is 4.79 Å². The summed E-state index contributed by atoms with van der Waals surface area (Å²) in [4.78, 5) is 11.1. The lowest BCUT2D eigenvalue weighted by molar-refractivity contribution is -0.142. The molecule has 2 saturated carbocycles. The van der Waals surface area contributed by atoms with Gasteiger partial charge in [0, 0.05) is 6.04 Å². The average molecular weight is 169 g/mol. The molecule has 2 fully saturated rings. The van der Waals surface area contributed by atoms with Gasteiger partial charge in [-0.2, -0.15) is 0 Å². The first-order valence-corrected chi connectivity index (χ1v) is 4.55. The minimum Gasteiger partial charge on any atom is -0.469 e. The number of esters is 1. The van der Waals surface area contributed by atoms with Crippen LogP contribution in [0.1, 0.15) is 19.3 Å². The van der Waals surface area contributed by atoms with Gasteiger partial charge in [0.25, 0.3) is 0 Å². The number of ether oxygens (including phenoxy) is 1. The van der Waals surface area contributed by atoms with Gasteiger partial charge in [0.05, 0.1) is 13.0 Å². The molecule has 2 atom stereocenters. The van der Waals surface area contributed by atoms with E-state index in [2.05, 4.69) is 4.74 Å². The third kappa shape index (κ3) is 1.22. The molecule has 2 aliphatic rings. The highest BCUT2D eigenvalue weighted by Gasteiger charge is 2.51. The molecule has 0 bridgehead atoms. The molecule has 2 unspecified atom stereocenters. The lowest BCUT2D eigenvalue weighted by atomic mass is 9.77. The SMILES string of the molecule is COC(=O)C1CC1C1CC(N)C1. The van der Waals surface area contributed by atoms with Crippen LogP contribution in [-0.2, 0) is 9.53 Å². The quantitative estimate of drug-likeness (QED) is 0.613. The Morgan fingerprint density at radius 1 is 1.42 bits per heavy atom. The maximum absolute atomic E-state index is 11.1. The molecule has 0 radical (unpaired) electrons. The largest absolute Gasteiger partial charge is 0.469 e. The fourth-order valence-corrected chi connectivity index (χ4v) is 2.22. The molecule has 0 aromatic rings. The number of carbonyl (C=O) groups is 1. The molecule has 0 heterocycles. The van der Waals surface area contributed by atoms with Crippen LogP contribution in [0.15, 0.2) is 0 Å². The van der Waals surface area contributed by atoms with Crippen molar-refractivity contribution in [3.8, 4) is 0 Å². The summed E-state index contributed by atoms with van der Waals surface area (Å²) >= 11 is 0. The Morgan fingerprint density at radius 3 is 2.58 bits per heavy atom. The van der Waals surface area contributed by atoms with Gasteiger partial charge >= 0.3 is 5.97 Å². The molecule has 0 saturated heterocycles. The summed E-state index contributed by atoms with van der Waals surface area (Å²) in [6, 6.07) is 0.397. The van der Waals surface area contributed by atoms with Gasteiger partial charge < -0.3 is 10.5 Å². The number of methoxy groups -OCH3 is 1. The van der Waals surface area contributed by atoms with Crippen LogP contribution in [0, 0.1) is 17.8 Å². The third-order valence-electron chi connectivity index (χ3n) is 3.16.